The monoisotopic (exact) mass is 363 g/mol. The summed E-state index contributed by atoms with van der Waals surface area (Å²) < 4.78 is 5.74. The van der Waals surface area contributed by atoms with Gasteiger partial charge in [0, 0.05) is 21.9 Å². The summed E-state index contributed by atoms with van der Waals surface area (Å²) in [5.74, 6) is 1.52. The number of carbonyl (C=O) groups excluding carboxylic acids is 1. The Kier molecular flexibility index (Phi) is 6.34. The Morgan fingerprint density at radius 3 is 2.46 bits per heavy atom. The number of anilines is 1. The van der Waals surface area contributed by atoms with Crippen molar-refractivity contribution in [3.05, 3.63) is 90.0 Å². The molecule has 0 heterocycles. The smallest absolute Gasteiger partial charge is 0.255 e. The van der Waals surface area contributed by atoms with Crippen LogP contribution in [0.2, 0.25) is 0 Å². The Balaban J connectivity index is 1.47. The summed E-state index contributed by atoms with van der Waals surface area (Å²) >= 11 is 1.76. The van der Waals surface area contributed by atoms with E-state index < -0.39 is 0 Å². The molecule has 0 saturated carbocycles. The number of hydrogen-bond donors (Lipinski definition) is 1. The predicted octanol–water partition coefficient (Wildman–Crippen LogP) is 5.42. The lowest BCUT2D eigenvalue weighted by molar-refractivity contribution is 0.102. The van der Waals surface area contributed by atoms with E-state index in [0.29, 0.717) is 12.2 Å². The van der Waals surface area contributed by atoms with Crippen LogP contribution in [0.3, 0.4) is 0 Å². The van der Waals surface area contributed by atoms with Gasteiger partial charge in [-0.1, -0.05) is 30.3 Å². The largest absolute Gasteiger partial charge is 0.493 e. The Labute approximate surface area is 158 Å². The molecule has 0 aliphatic heterocycles. The molecule has 1 N–H and O–H groups in total. The van der Waals surface area contributed by atoms with Gasteiger partial charge in [-0.2, -0.15) is 0 Å². The van der Waals surface area contributed by atoms with Gasteiger partial charge in [-0.25, -0.2) is 0 Å². The summed E-state index contributed by atoms with van der Waals surface area (Å²) in [6, 6.07) is 25.2. The molecule has 1 amide bonds. The summed E-state index contributed by atoms with van der Waals surface area (Å²) in [4.78, 5) is 13.5. The predicted molar refractivity (Wildman–Crippen MR) is 108 cm³/mol. The van der Waals surface area contributed by atoms with Crippen LogP contribution in [0.25, 0.3) is 0 Å². The highest BCUT2D eigenvalue weighted by Crippen LogP contribution is 2.18. The van der Waals surface area contributed by atoms with Crippen molar-refractivity contribution in [2.24, 2.45) is 0 Å². The van der Waals surface area contributed by atoms with Crippen LogP contribution in [0.1, 0.15) is 15.9 Å². The number of benzene rings is 3. The molecule has 0 aliphatic rings. The van der Waals surface area contributed by atoms with Gasteiger partial charge in [0.05, 0.1) is 6.61 Å². The quantitative estimate of drug-likeness (QED) is 0.450. The lowest BCUT2D eigenvalue weighted by Crippen LogP contribution is -2.11. The van der Waals surface area contributed by atoms with Crippen LogP contribution >= 0.6 is 11.8 Å². The van der Waals surface area contributed by atoms with Crippen molar-refractivity contribution in [1.29, 1.82) is 0 Å². The summed E-state index contributed by atoms with van der Waals surface area (Å²) in [5.41, 5.74) is 2.52. The first-order chi connectivity index (χ1) is 12.7. The number of hydrogen-bond acceptors (Lipinski definition) is 3. The van der Waals surface area contributed by atoms with E-state index in [4.69, 9.17) is 4.74 Å². The summed E-state index contributed by atoms with van der Waals surface area (Å²) in [7, 11) is 0. The minimum Gasteiger partial charge on any atom is -0.493 e. The molecule has 3 aromatic carbocycles. The normalized spacial score (nSPS) is 10.3. The van der Waals surface area contributed by atoms with Crippen molar-refractivity contribution >= 4 is 23.4 Å². The highest BCUT2D eigenvalue weighted by Gasteiger charge is 2.06. The van der Waals surface area contributed by atoms with Crippen LogP contribution in [-0.4, -0.2) is 18.3 Å². The van der Waals surface area contributed by atoms with Crippen LogP contribution in [0, 0.1) is 6.92 Å². The first-order valence-corrected chi connectivity index (χ1v) is 9.48. The van der Waals surface area contributed by atoms with Crippen molar-refractivity contribution in [2.45, 2.75) is 11.8 Å². The minimum atomic E-state index is -0.123. The Morgan fingerprint density at radius 1 is 0.962 bits per heavy atom. The average molecular weight is 363 g/mol. The SMILES string of the molecule is Cc1cccc(NC(=O)c2ccc(OCCSc3ccccc3)cc2)c1. The van der Waals surface area contributed by atoms with E-state index >= 15 is 0 Å². The molecule has 3 nitrogen and oxygen atoms in total. The number of amides is 1. The van der Waals surface area contributed by atoms with Gasteiger partial charge in [0.25, 0.3) is 5.91 Å². The number of carbonyl (C=O) groups is 1. The van der Waals surface area contributed by atoms with Crippen molar-refractivity contribution in [2.75, 3.05) is 17.7 Å². The lowest BCUT2D eigenvalue weighted by atomic mass is 10.2. The van der Waals surface area contributed by atoms with Gasteiger partial charge >= 0.3 is 0 Å². The first-order valence-electron chi connectivity index (χ1n) is 8.49. The van der Waals surface area contributed by atoms with Crippen LogP contribution in [0.5, 0.6) is 5.75 Å². The molecule has 0 atom stereocenters. The fourth-order valence-corrected chi connectivity index (χ4v) is 3.22. The molecule has 0 fully saturated rings. The van der Waals surface area contributed by atoms with Gasteiger partial charge in [-0.3, -0.25) is 4.79 Å². The number of thioether (sulfide) groups is 1. The molecule has 4 heteroatoms. The maximum absolute atomic E-state index is 12.3. The maximum atomic E-state index is 12.3. The molecular formula is C22H21NO2S. The van der Waals surface area contributed by atoms with Gasteiger partial charge in [-0.15, -0.1) is 11.8 Å². The van der Waals surface area contributed by atoms with Crippen LogP contribution < -0.4 is 10.1 Å². The zero-order chi connectivity index (χ0) is 18.2. The number of ether oxygens (including phenoxy) is 1. The lowest BCUT2D eigenvalue weighted by Gasteiger charge is -2.08. The summed E-state index contributed by atoms with van der Waals surface area (Å²) in [6.07, 6.45) is 0. The molecule has 0 spiro atoms. The number of nitrogens with one attached hydrogen (secondary N) is 1. The molecule has 132 valence electrons. The van der Waals surface area contributed by atoms with Crippen molar-refractivity contribution < 1.29 is 9.53 Å². The van der Waals surface area contributed by atoms with Crippen LogP contribution in [0.4, 0.5) is 5.69 Å². The van der Waals surface area contributed by atoms with E-state index in [-0.39, 0.29) is 5.91 Å². The third kappa shape index (κ3) is 5.39. The zero-order valence-electron chi connectivity index (χ0n) is 14.6. The Morgan fingerprint density at radius 2 is 1.73 bits per heavy atom. The molecular weight excluding hydrogens is 342 g/mol. The Hall–Kier alpha value is -2.72. The molecule has 0 saturated heterocycles. The zero-order valence-corrected chi connectivity index (χ0v) is 15.5. The highest BCUT2D eigenvalue weighted by atomic mass is 32.2. The van der Waals surface area contributed by atoms with Gasteiger partial charge in [0.2, 0.25) is 0 Å². The molecule has 0 bridgehead atoms. The molecule has 0 aliphatic carbocycles. The second-order valence-corrected chi connectivity index (χ2v) is 7.03. The maximum Gasteiger partial charge on any atom is 0.255 e. The molecule has 0 radical (unpaired) electrons. The molecule has 3 aromatic rings. The van der Waals surface area contributed by atoms with Crippen molar-refractivity contribution in [3.8, 4) is 5.75 Å². The number of rotatable bonds is 7. The van der Waals surface area contributed by atoms with Crippen LogP contribution in [-0.2, 0) is 0 Å². The van der Waals surface area contributed by atoms with Crippen LogP contribution in [0.15, 0.2) is 83.8 Å². The first kappa shape index (κ1) is 18.1. The van der Waals surface area contributed by atoms with E-state index in [2.05, 4.69) is 17.4 Å². The van der Waals surface area contributed by atoms with Crippen molar-refractivity contribution in [3.63, 3.8) is 0 Å². The van der Waals surface area contributed by atoms with Gasteiger partial charge in [-0.05, 0) is 61.0 Å². The van der Waals surface area contributed by atoms with E-state index in [9.17, 15) is 4.79 Å². The van der Waals surface area contributed by atoms with E-state index in [1.807, 2.05) is 61.5 Å². The van der Waals surface area contributed by atoms with Gasteiger partial charge in [0.1, 0.15) is 5.75 Å². The summed E-state index contributed by atoms with van der Waals surface area (Å²) in [5, 5.41) is 2.91. The van der Waals surface area contributed by atoms with E-state index in [1.54, 1.807) is 23.9 Å². The van der Waals surface area contributed by atoms with Crippen molar-refractivity contribution in [1.82, 2.24) is 0 Å². The second kappa shape index (κ2) is 9.11. The number of aryl methyl sites for hydroxylation is 1. The van der Waals surface area contributed by atoms with E-state index in [0.717, 1.165) is 22.8 Å². The third-order valence-electron chi connectivity index (χ3n) is 3.76. The minimum absolute atomic E-state index is 0.123. The molecule has 0 aromatic heterocycles. The second-order valence-electron chi connectivity index (χ2n) is 5.86. The Bertz CT molecular complexity index is 848. The average Bonchev–Trinajstić information content (AvgIpc) is 2.66. The molecule has 26 heavy (non-hydrogen) atoms. The van der Waals surface area contributed by atoms with Gasteiger partial charge < -0.3 is 10.1 Å². The molecule has 3 rings (SSSR count). The molecule has 0 unspecified atom stereocenters. The third-order valence-corrected chi connectivity index (χ3v) is 4.73. The highest BCUT2D eigenvalue weighted by molar-refractivity contribution is 7.99. The van der Waals surface area contributed by atoms with Gasteiger partial charge in [0.15, 0.2) is 0 Å². The fourth-order valence-electron chi connectivity index (χ4n) is 2.46. The topological polar surface area (TPSA) is 38.3 Å². The van der Waals surface area contributed by atoms with E-state index in [1.165, 1.54) is 4.90 Å². The summed E-state index contributed by atoms with van der Waals surface area (Å²) in [6.45, 7) is 2.62. The fraction of sp³-hybridized carbons (Fsp3) is 0.136. The standard InChI is InChI=1S/C22H21NO2S/c1-17-6-5-7-19(16-17)23-22(24)18-10-12-20(13-11-18)25-14-15-26-21-8-3-2-4-9-21/h2-13,16H,14-15H2,1H3,(H,23,24).